The van der Waals surface area contributed by atoms with Crippen LogP contribution in [0.2, 0.25) is 0 Å². The summed E-state index contributed by atoms with van der Waals surface area (Å²) in [6.45, 7) is 6.26. The summed E-state index contributed by atoms with van der Waals surface area (Å²) in [5.74, 6) is -1.69. The summed E-state index contributed by atoms with van der Waals surface area (Å²) in [6, 6.07) is 0. The maximum absolute atomic E-state index is 9.86. The van der Waals surface area contributed by atoms with Gasteiger partial charge in [-0.15, -0.1) is 0 Å². The quantitative estimate of drug-likeness (QED) is 0.544. The van der Waals surface area contributed by atoms with Gasteiger partial charge in [-0.25, -0.2) is 9.59 Å². The Morgan fingerprint density at radius 2 is 1.05 bits per heavy atom. The second-order valence-electron chi connectivity index (χ2n) is 3.00. The first-order valence-corrected chi connectivity index (χ1v) is 5.22. The first-order valence-electron chi connectivity index (χ1n) is 5.22. The summed E-state index contributed by atoms with van der Waals surface area (Å²) in [5.41, 5.74) is 0.778. The Hall–Kier alpha value is -1.70. The molecular weight excluding hydrogens is 256 g/mol. The molecule has 0 amide bonds. The third-order valence-electron chi connectivity index (χ3n) is 1.64. The molecule has 0 fully saturated rings. The minimum absolute atomic E-state index is 0. The molecule has 0 atom stereocenters. The van der Waals surface area contributed by atoms with E-state index in [0.717, 1.165) is 0 Å². The molecule has 6 N–H and O–H groups in total. The highest BCUT2D eigenvalue weighted by Gasteiger charge is 1.93. The second kappa shape index (κ2) is 18.7. The largest absolute Gasteiger partial charge is 0.478 e. The van der Waals surface area contributed by atoms with Gasteiger partial charge in [0.05, 0.1) is 13.2 Å². The number of carboxylic acids is 2. The molecule has 7 heteroatoms. The lowest BCUT2D eigenvalue weighted by Gasteiger charge is -1.84. The van der Waals surface area contributed by atoms with Gasteiger partial charge in [-0.05, 0) is 27.7 Å². The topological polar surface area (TPSA) is 147 Å². The zero-order valence-corrected chi connectivity index (χ0v) is 11.7. The average Bonchev–Trinajstić information content (AvgIpc) is 2.37. The van der Waals surface area contributed by atoms with Crippen molar-refractivity contribution in [1.82, 2.24) is 0 Å². The van der Waals surface area contributed by atoms with Crippen LogP contribution < -0.4 is 0 Å². The Bertz CT molecular complexity index is 262. The van der Waals surface area contributed by atoms with E-state index in [-0.39, 0.29) is 18.7 Å². The molecule has 0 saturated carbocycles. The van der Waals surface area contributed by atoms with Gasteiger partial charge < -0.3 is 25.9 Å². The Kier molecular flexibility index (Phi) is 25.5. The summed E-state index contributed by atoms with van der Waals surface area (Å²) in [6.07, 6.45) is 3.12. The average molecular weight is 280 g/mol. The molecule has 0 aromatic carbocycles. The first-order chi connectivity index (χ1) is 8.28. The zero-order valence-electron chi connectivity index (χ0n) is 11.7. The molecule has 7 nitrogen and oxygen atoms in total. The van der Waals surface area contributed by atoms with E-state index in [1.54, 1.807) is 39.8 Å². The van der Waals surface area contributed by atoms with Gasteiger partial charge in [-0.1, -0.05) is 12.2 Å². The van der Waals surface area contributed by atoms with E-state index < -0.39 is 11.9 Å². The zero-order chi connectivity index (χ0) is 15.1. The van der Waals surface area contributed by atoms with E-state index in [9.17, 15) is 9.59 Å². The van der Waals surface area contributed by atoms with Crippen LogP contribution in [-0.2, 0) is 9.59 Å². The van der Waals surface area contributed by atoms with Crippen LogP contribution in [0.15, 0.2) is 23.3 Å². The molecule has 0 aliphatic rings. The first kappa shape index (κ1) is 26.0. The van der Waals surface area contributed by atoms with Crippen LogP contribution in [0.5, 0.6) is 0 Å². The second-order valence-corrected chi connectivity index (χ2v) is 3.00. The molecular formula is C12H24O7. The molecule has 0 rings (SSSR count). The molecule has 0 bridgehead atoms. The molecule has 0 unspecified atom stereocenters. The summed E-state index contributed by atoms with van der Waals surface area (Å²) in [7, 11) is 0. The van der Waals surface area contributed by atoms with Gasteiger partial charge in [0.1, 0.15) is 0 Å². The van der Waals surface area contributed by atoms with Gasteiger partial charge in [-0.3, -0.25) is 0 Å². The van der Waals surface area contributed by atoms with Crippen LogP contribution in [0.4, 0.5) is 0 Å². The van der Waals surface area contributed by atoms with Gasteiger partial charge in [0.2, 0.25) is 0 Å². The van der Waals surface area contributed by atoms with Crippen LogP contribution in [0.3, 0.4) is 0 Å². The third kappa shape index (κ3) is 26.1. The van der Waals surface area contributed by atoms with E-state index >= 15 is 0 Å². The van der Waals surface area contributed by atoms with Crippen LogP contribution in [0.25, 0.3) is 0 Å². The van der Waals surface area contributed by atoms with E-state index in [1.165, 1.54) is 0 Å². The van der Waals surface area contributed by atoms with Crippen molar-refractivity contribution in [2.75, 3.05) is 13.2 Å². The Balaban J connectivity index is -0.0000000900. The van der Waals surface area contributed by atoms with E-state index in [4.69, 9.17) is 20.4 Å². The van der Waals surface area contributed by atoms with Crippen molar-refractivity contribution in [3.8, 4) is 0 Å². The van der Waals surface area contributed by atoms with Gasteiger partial charge in [0.15, 0.2) is 0 Å². The molecule has 0 heterocycles. The number of allylic oxidation sites excluding steroid dienone is 2. The monoisotopic (exact) mass is 280 g/mol. The maximum Gasteiger partial charge on any atom is 0.330 e. The summed E-state index contributed by atoms with van der Waals surface area (Å²) in [4.78, 5) is 19.7. The predicted octanol–water partition coefficient (Wildman–Crippen LogP) is 0.221. The predicted molar refractivity (Wildman–Crippen MR) is 71.9 cm³/mol. The van der Waals surface area contributed by atoms with Crippen LogP contribution in [-0.4, -0.2) is 51.1 Å². The molecule has 0 saturated heterocycles. The van der Waals surface area contributed by atoms with E-state index in [0.29, 0.717) is 11.1 Å². The number of aliphatic hydroxyl groups excluding tert-OH is 2. The lowest BCUT2D eigenvalue weighted by atomic mass is 10.3. The molecule has 0 spiro atoms. The molecule has 0 aromatic rings. The number of aliphatic hydroxyl groups is 2. The van der Waals surface area contributed by atoms with Gasteiger partial charge >= 0.3 is 11.9 Å². The molecule has 0 aromatic heterocycles. The fourth-order valence-corrected chi connectivity index (χ4v) is 0.247. The number of aliphatic carboxylic acids is 2. The van der Waals surface area contributed by atoms with Crippen molar-refractivity contribution in [1.29, 1.82) is 0 Å². The maximum atomic E-state index is 9.86. The highest BCUT2D eigenvalue weighted by molar-refractivity contribution is 5.85. The van der Waals surface area contributed by atoms with Crippen molar-refractivity contribution < 1.29 is 35.5 Å². The minimum Gasteiger partial charge on any atom is -0.478 e. The van der Waals surface area contributed by atoms with E-state index in [2.05, 4.69) is 0 Å². The van der Waals surface area contributed by atoms with Crippen molar-refractivity contribution >= 4 is 11.9 Å². The van der Waals surface area contributed by atoms with Crippen molar-refractivity contribution in [2.24, 2.45) is 0 Å². The van der Waals surface area contributed by atoms with Crippen molar-refractivity contribution in [3.63, 3.8) is 0 Å². The van der Waals surface area contributed by atoms with Crippen LogP contribution >= 0.6 is 0 Å². The number of hydrogen-bond donors (Lipinski definition) is 4. The Morgan fingerprint density at radius 1 is 0.842 bits per heavy atom. The Morgan fingerprint density at radius 3 is 1.05 bits per heavy atom. The summed E-state index contributed by atoms with van der Waals surface area (Å²) < 4.78 is 0. The van der Waals surface area contributed by atoms with Crippen LogP contribution in [0.1, 0.15) is 27.7 Å². The Labute approximate surface area is 112 Å². The fraction of sp³-hybridized carbons (Fsp3) is 0.500. The highest BCUT2D eigenvalue weighted by Crippen LogP contribution is 1.88. The smallest absolute Gasteiger partial charge is 0.330 e. The third-order valence-corrected chi connectivity index (χ3v) is 1.64. The van der Waals surface area contributed by atoms with Gasteiger partial charge in [0, 0.05) is 11.1 Å². The lowest BCUT2D eigenvalue weighted by Crippen LogP contribution is -1.93. The molecule has 0 aliphatic carbocycles. The van der Waals surface area contributed by atoms with Crippen molar-refractivity contribution in [2.45, 2.75) is 27.7 Å². The SMILES string of the molecule is CC=C(C)C(=O)O.CC=C(C)C(=O)O.O.OCCO. The molecule has 0 radical (unpaired) electrons. The normalized spacial score (nSPS) is 10.0. The molecule has 0 aliphatic heterocycles. The molecule has 114 valence electrons. The number of hydrogen-bond acceptors (Lipinski definition) is 4. The fourth-order valence-electron chi connectivity index (χ4n) is 0.247. The van der Waals surface area contributed by atoms with Gasteiger partial charge in [-0.2, -0.15) is 0 Å². The highest BCUT2D eigenvalue weighted by atomic mass is 16.4. The summed E-state index contributed by atoms with van der Waals surface area (Å²) >= 11 is 0. The number of carboxylic acid groups (broad SMARTS) is 2. The minimum atomic E-state index is -0.845. The summed E-state index contributed by atoms with van der Waals surface area (Å²) in [5, 5.41) is 31.5. The number of carbonyl (C=O) groups is 2. The van der Waals surface area contributed by atoms with Crippen molar-refractivity contribution in [3.05, 3.63) is 23.3 Å². The standard InChI is InChI=1S/2C5H8O2.C2H6O2.H2O/c2*1-3-4(2)5(6)7;3-1-2-4;/h2*3H,1-2H3,(H,6,7);3-4H,1-2H2;1H2. The van der Waals surface area contributed by atoms with Gasteiger partial charge in [0.25, 0.3) is 0 Å². The van der Waals surface area contributed by atoms with Crippen LogP contribution in [0, 0.1) is 0 Å². The van der Waals surface area contributed by atoms with E-state index in [1.807, 2.05) is 0 Å². The lowest BCUT2D eigenvalue weighted by molar-refractivity contribution is -0.133. The molecule has 19 heavy (non-hydrogen) atoms. The number of rotatable bonds is 3.